The minimum atomic E-state index is -3.71. The van der Waals surface area contributed by atoms with E-state index in [0.717, 1.165) is 0 Å². The van der Waals surface area contributed by atoms with Crippen LogP contribution in [-0.2, 0) is 14.8 Å². The lowest BCUT2D eigenvalue weighted by atomic mass is 9.97. The van der Waals surface area contributed by atoms with E-state index in [4.69, 9.17) is 23.2 Å². The number of benzene rings is 1. The van der Waals surface area contributed by atoms with Crippen molar-refractivity contribution in [2.24, 2.45) is 5.92 Å². The number of halogens is 3. The van der Waals surface area contributed by atoms with Crippen LogP contribution in [0.15, 0.2) is 23.1 Å². The molecule has 25 heavy (non-hydrogen) atoms. The first kappa shape index (κ1) is 22.5. The van der Waals surface area contributed by atoms with Crippen LogP contribution in [0.3, 0.4) is 0 Å². The monoisotopic (exact) mass is 429 g/mol. The minimum Gasteiger partial charge on any atom is -0.355 e. The number of nitrogens with zero attached hydrogens (tertiary/aromatic N) is 1. The van der Waals surface area contributed by atoms with Gasteiger partial charge in [-0.05, 0) is 38.1 Å². The average Bonchev–Trinajstić information content (AvgIpc) is 2.57. The quantitative estimate of drug-likeness (QED) is 0.678. The molecule has 0 bridgehead atoms. The lowest BCUT2D eigenvalue weighted by Gasteiger charge is -2.30. The Morgan fingerprint density at radius 1 is 1.24 bits per heavy atom. The van der Waals surface area contributed by atoms with E-state index < -0.39 is 10.0 Å². The van der Waals surface area contributed by atoms with Gasteiger partial charge in [0.15, 0.2) is 0 Å². The van der Waals surface area contributed by atoms with Crippen molar-refractivity contribution in [1.82, 2.24) is 14.9 Å². The van der Waals surface area contributed by atoms with E-state index in [0.29, 0.717) is 31.0 Å². The number of hydrogen-bond donors (Lipinski definition) is 2. The molecule has 10 heteroatoms. The molecule has 0 aromatic heterocycles. The fraction of sp³-hybridized carbons (Fsp3) is 0.533. The maximum atomic E-state index is 12.7. The van der Waals surface area contributed by atoms with E-state index in [1.165, 1.54) is 16.4 Å². The third-order valence-electron chi connectivity index (χ3n) is 4.01. The van der Waals surface area contributed by atoms with E-state index >= 15 is 0 Å². The number of hydrogen-bond acceptors (Lipinski definition) is 4. The van der Waals surface area contributed by atoms with E-state index in [1.807, 2.05) is 7.05 Å². The summed E-state index contributed by atoms with van der Waals surface area (Å²) in [5, 5.41) is 6.26. The molecule has 1 saturated heterocycles. The van der Waals surface area contributed by atoms with Crippen molar-refractivity contribution >= 4 is 51.5 Å². The Balaban J connectivity index is 0.00000312. The summed E-state index contributed by atoms with van der Waals surface area (Å²) in [5.41, 5.74) is 0. The Labute approximate surface area is 164 Å². The van der Waals surface area contributed by atoms with Crippen LogP contribution in [0.5, 0.6) is 0 Å². The zero-order valence-electron chi connectivity index (χ0n) is 13.8. The molecule has 0 aliphatic carbocycles. The van der Waals surface area contributed by atoms with E-state index in [2.05, 4.69) is 10.6 Å². The van der Waals surface area contributed by atoms with Gasteiger partial charge < -0.3 is 10.6 Å². The number of rotatable bonds is 6. The molecule has 0 radical (unpaired) electrons. The van der Waals surface area contributed by atoms with Gasteiger partial charge in [-0.25, -0.2) is 8.42 Å². The van der Waals surface area contributed by atoms with Crippen LogP contribution in [0.2, 0.25) is 10.0 Å². The molecule has 1 amide bonds. The highest BCUT2D eigenvalue weighted by Crippen LogP contribution is 2.30. The lowest BCUT2D eigenvalue weighted by Crippen LogP contribution is -2.43. The summed E-state index contributed by atoms with van der Waals surface area (Å²) in [5.74, 6) is -0.189. The van der Waals surface area contributed by atoms with Crippen molar-refractivity contribution < 1.29 is 13.2 Å². The fourth-order valence-electron chi connectivity index (χ4n) is 2.63. The Bertz CT molecular complexity index is 693. The standard InChI is InChI=1S/C15H21Cl2N3O3S.ClH/c1-18-6-7-19-15(21)11-4-8-20(9-5-11)24(22,23)14-10-12(16)2-3-13(14)17;/h2-3,10-11,18H,4-9H2,1H3,(H,19,21);1H. The first-order valence-electron chi connectivity index (χ1n) is 7.73. The van der Waals surface area contributed by atoms with Gasteiger partial charge in [0.1, 0.15) is 4.90 Å². The molecule has 6 nitrogen and oxygen atoms in total. The topological polar surface area (TPSA) is 78.5 Å². The fourth-order valence-corrected chi connectivity index (χ4v) is 4.83. The maximum absolute atomic E-state index is 12.7. The Hall–Kier alpha value is -0.570. The summed E-state index contributed by atoms with van der Waals surface area (Å²) in [6, 6.07) is 4.37. The van der Waals surface area contributed by atoms with Gasteiger partial charge in [-0.2, -0.15) is 4.31 Å². The number of nitrogens with one attached hydrogen (secondary N) is 2. The molecule has 142 valence electrons. The minimum absolute atomic E-state index is 0. The molecule has 1 aromatic carbocycles. The van der Waals surface area contributed by atoms with Crippen molar-refractivity contribution in [2.45, 2.75) is 17.7 Å². The molecule has 0 atom stereocenters. The summed E-state index contributed by atoms with van der Waals surface area (Å²) in [6.07, 6.45) is 0.978. The first-order chi connectivity index (χ1) is 11.4. The Morgan fingerprint density at radius 2 is 1.88 bits per heavy atom. The zero-order valence-corrected chi connectivity index (χ0v) is 16.9. The van der Waals surface area contributed by atoms with E-state index in [-0.39, 0.29) is 47.2 Å². The van der Waals surface area contributed by atoms with Crippen LogP contribution < -0.4 is 10.6 Å². The highest BCUT2D eigenvalue weighted by molar-refractivity contribution is 7.89. The second kappa shape index (κ2) is 9.94. The van der Waals surface area contributed by atoms with Gasteiger partial charge in [0.05, 0.1) is 5.02 Å². The zero-order chi connectivity index (χ0) is 17.7. The molecule has 2 N–H and O–H groups in total. The summed E-state index contributed by atoms with van der Waals surface area (Å²) >= 11 is 11.9. The van der Waals surface area contributed by atoms with Crippen molar-refractivity contribution in [3.05, 3.63) is 28.2 Å². The molecule has 1 aromatic rings. The van der Waals surface area contributed by atoms with Gasteiger partial charge in [-0.15, -0.1) is 12.4 Å². The third kappa shape index (κ3) is 5.70. The Morgan fingerprint density at radius 3 is 2.48 bits per heavy atom. The molecule has 1 fully saturated rings. The number of piperidine rings is 1. The molecular weight excluding hydrogens is 409 g/mol. The Kier molecular flexibility index (Phi) is 8.94. The SMILES string of the molecule is CNCCNC(=O)C1CCN(S(=O)(=O)c2cc(Cl)ccc2Cl)CC1.Cl. The van der Waals surface area contributed by atoms with Gasteiger partial charge >= 0.3 is 0 Å². The third-order valence-corrected chi connectivity index (χ3v) is 6.63. The number of amides is 1. The number of likely N-dealkylation sites (N-methyl/N-ethyl adjacent to an activating group) is 1. The van der Waals surface area contributed by atoms with Crippen LogP contribution in [0, 0.1) is 5.92 Å². The van der Waals surface area contributed by atoms with Crippen LogP contribution in [0.1, 0.15) is 12.8 Å². The van der Waals surface area contributed by atoms with Crippen LogP contribution in [0.4, 0.5) is 0 Å². The molecular formula is C15H22Cl3N3O3S. The van der Waals surface area contributed by atoms with Crippen LogP contribution in [0.25, 0.3) is 0 Å². The number of carbonyl (C=O) groups excluding carboxylic acids is 1. The van der Waals surface area contributed by atoms with Crippen LogP contribution >= 0.6 is 35.6 Å². The summed E-state index contributed by atoms with van der Waals surface area (Å²) < 4.78 is 26.8. The van der Waals surface area contributed by atoms with Crippen molar-refractivity contribution in [2.75, 3.05) is 33.2 Å². The molecule has 0 spiro atoms. The molecule has 0 saturated carbocycles. The van der Waals surface area contributed by atoms with E-state index in [9.17, 15) is 13.2 Å². The van der Waals surface area contributed by atoms with Crippen molar-refractivity contribution in [1.29, 1.82) is 0 Å². The van der Waals surface area contributed by atoms with Gasteiger partial charge in [0.25, 0.3) is 0 Å². The highest BCUT2D eigenvalue weighted by atomic mass is 35.5. The van der Waals surface area contributed by atoms with Gasteiger partial charge in [0, 0.05) is 37.1 Å². The number of sulfonamides is 1. The second-order valence-corrected chi connectivity index (χ2v) is 8.40. The summed E-state index contributed by atoms with van der Waals surface area (Å²) in [4.78, 5) is 12.1. The van der Waals surface area contributed by atoms with Gasteiger partial charge in [0.2, 0.25) is 15.9 Å². The van der Waals surface area contributed by atoms with Crippen molar-refractivity contribution in [3.63, 3.8) is 0 Å². The van der Waals surface area contributed by atoms with Crippen molar-refractivity contribution in [3.8, 4) is 0 Å². The molecule has 1 heterocycles. The molecule has 0 unspecified atom stereocenters. The maximum Gasteiger partial charge on any atom is 0.244 e. The van der Waals surface area contributed by atoms with Gasteiger partial charge in [-0.3, -0.25) is 4.79 Å². The highest BCUT2D eigenvalue weighted by Gasteiger charge is 2.33. The second-order valence-electron chi connectivity index (χ2n) is 5.65. The molecule has 2 rings (SSSR count). The molecule has 1 aliphatic rings. The first-order valence-corrected chi connectivity index (χ1v) is 9.93. The van der Waals surface area contributed by atoms with Gasteiger partial charge in [-0.1, -0.05) is 23.2 Å². The smallest absolute Gasteiger partial charge is 0.244 e. The predicted molar refractivity (Wildman–Crippen MR) is 102 cm³/mol. The largest absolute Gasteiger partial charge is 0.355 e. The van der Waals surface area contributed by atoms with E-state index in [1.54, 1.807) is 6.07 Å². The lowest BCUT2D eigenvalue weighted by molar-refractivity contribution is -0.126. The molecule has 1 aliphatic heterocycles. The summed E-state index contributed by atoms with van der Waals surface area (Å²) in [6.45, 7) is 1.84. The number of carbonyl (C=O) groups is 1. The normalized spacial score (nSPS) is 16.3. The predicted octanol–water partition coefficient (Wildman–Crippen LogP) is 2.15. The summed E-state index contributed by atoms with van der Waals surface area (Å²) in [7, 11) is -1.89. The average molecular weight is 431 g/mol. The van der Waals surface area contributed by atoms with Crippen LogP contribution in [-0.4, -0.2) is 51.9 Å².